The third-order valence-corrected chi connectivity index (χ3v) is 6.58. The average molecular weight is 475 g/mol. The zero-order valence-electron chi connectivity index (χ0n) is 21.2. The molecule has 0 aromatic heterocycles. The molecular formula is C22H43NaO7S. The molecular weight excluding hydrogens is 431 g/mol. The Bertz CT molecular complexity index is 587. The summed E-state index contributed by atoms with van der Waals surface area (Å²) in [6.45, 7) is 8.46. The normalized spacial score (nSPS) is 14.2. The van der Waals surface area contributed by atoms with E-state index in [-0.39, 0.29) is 56.0 Å². The first kappa shape index (κ1) is 33.0. The Kier molecular flexibility index (Phi) is 20.6. The minimum Gasteiger partial charge on any atom is -1.00 e. The molecule has 0 amide bonds. The fraction of sp³-hybridized carbons (Fsp3) is 0.909. The molecule has 3 unspecified atom stereocenters. The third-order valence-electron chi connectivity index (χ3n) is 5.50. The number of hydrogen-bond donors (Lipinski definition) is 1. The maximum atomic E-state index is 12.3. The predicted molar refractivity (Wildman–Crippen MR) is 119 cm³/mol. The molecule has 180 valence electrons. The van der Waals surface area contributed by atoms with E-state index in [2.05, 4.69) is 13.8 Å². The predicted octanol–water partition coefficient (Wildman–Crippen LogP) is 2.05. The van der Waals surface area contributed by atoms with Crippen molar-refractivity contribution in [3.8, 4) is 0 Å². The van der Waals surface area contributed by atoms with Gasteiger partial charge in [-0.15, -0.1) is 0 Å². The molecule has 0 aliphatic carbocycles. The topological polar surface area (TPSA) is 107 Å². The largest absolute Gasteiger partial charge is 1.00 e. The first-order valence-corrected chi connectivity index (χ1v) is 13.0. The third kappa shape index (κ3) is 16.2. The number of esters is 2. The van der Waals surface area contributed by atoms with Gasteiger partial charge in [0, 0.05) is 0 Å². The maximum absolute atomic E-state index is 12.3. The molecule has 0 aliphatic rings. The number of carbonyl (C=O) groups excluding carboxylic acids is 2. The quantitative estimate of drug-likeness (QED) is 0.140. The van der Waals surface area contributed by atoms with Crippen LogP contribution in [0.3, 0.4) is 0 Å². The first-order chi connectivity index (χ1) is 14.2. The summed E-state index contributed by atoms with van der Waals surface area (Å²) in [6, 6.07) is 0. The smallest absolute Gasteiger partial charge is 1.00 e. The van der Waals surface area contributed by atoms with Gasteiger partial charge in [-0.2, -0.15) is 8.42 Å². The van der Waals surface area contributed by atoms with E-state index in [0.29, 0.717) is 0 Å². The molecule has 9 heteroatoms. The summed E-state index contributed by atoms with van der Waals surface area (Å²) < 4.78 is 43.1. The second-order valence-corrected chi connectivity index (χ2v) is 9.66. The second kappa shape index (κ2) is 19.3. The van der Waals surface area contributed by atoms with Gasteiger partial charge < -0.3 is 10.9 Å². The van der Waals surface area contributed by atoms with Crippen LogP contribution in [0.1, 0.15) is 99.8 Å². The Balaban J connectivity index is -0.00000420. The molecule has 31 heavy (non-hydrogen) atoms. The van der Waals surface area contributed by atoms with Crippen LogP contribution in [0, 0.1) is 11.8 Å². The minimum absolute atomic E-state index is 0. The SMILES string of the molecule is CCCCCC(CC)COC(=O)CC(C(=O)OCC(CC)CCCCC)S(=O)(=O)O.[H-].[Na+]. The summed E-state index contributed by atoms with van der Waals surface area (Å²) in [4.78, 5) is 24.4. The molecule has 0 heterocycles. The van der Waals surface area contributed by atoms with Gasteiger partial charge in [-0.1, -0.05) is 79.1 Å². The van der Waals surface area contributed by atoms with Crippen LogP contribution in [-0.2, 0) is 29.2 Å². The van der Waals surface area contributed by atoms with Crippen molar-refractivity contribution in [3.63, 3.8) is 0 Å². The molecule has 0 aromatic carbocycles. The van der Waals surface area contributed by atoms with Gasteiger partial charge in [0.2, 0.25) is 0 Å². The van der Waals surface area contributed by atoms with E-state index < -0.39 is 33.7 Å². The van der Waals surface area contributed by atoms with E-state index in [0.717, 1.165) is 64.2 Å². The Labute approximate surface area is 212 Å². The van der Waals surface area contributed by atoms with Crippen LogP contribution in [0.5, 0.6) is 0 Å². The van der Waals surface area contributed by atoms with Crippen LogP contribution in [0.4, 0.5) is 0 Å². The van der Waals surface area contributed by atoms with Gasteiger partial charge in [0.05, 0.1) is 19.6 Å². The van der Waals surface area contributed by atoms with E-state index in [9.17, 15) is 22.6 Å². The minimum atomic E-state index is -4.77. The van der Waals surface area contributed by atoms with Crippen molar-refractivity contribution in [2.45, 2.75) is 104 Å². The Morgan fingerprint density at radius 3 is 1.68 bits per heavy atom. The van der Waals surface area contributed by atoms with Crippen molar-refractivity contribution in [1.29, 1.82) is 0 Å². The molecule has 3 atom stereocenters. The zero-order chi connectivity index (χ0) is 23.0. The van der Waals surface area contributed by atoms with Crippen LogP contribution in [0.25, 0.3) is 0 Å². The Morgan fingerprint density at radius 2 is 1.29 bits per heavy atom. The fourth-order valence-electron chi connectivity index (χ4n) is 3.20. The number of unbranched alkanes of at least 4 members (excludes halogenated alkanes) is 4. The van der Waals surface area contributed by atoms with Crippen molar-refractivity contribution in [2.75, 3.05) is 13.2 Å². The summed E-state index contributed by atoms with van der Waals surface area (Å²) in [5.41, 5.74) is 0. The van der Waals surface area contributed by atoms with Crippen LogP contribution in [0.15, 0.2) is 0 Å². The molecule has 7 nitrogen and oxygen atoms in total. The number of carbonyl (C=O) groups is 2. The van der Waals surface area contributed by atoms with Gasteiger partial charge in [0.1, 0.15) is 0 Å². The monoisotopic (exact) mass is 474 g/mol. The molecule has 0 aliphatic heterocycles. The van der Waals surface area contributed by atoms with Crippen molar-refractivity contribution < 1.29 is 63.0 Å². The van der Waals surface area contributed by atoms with E-state index in [4.69, 9.17) is 9.47 Å². The summed E-state index contributed by atoms with van der Waals surface area (Å²) >= 11 is 0. The summed E-state index contributed by atoms with van der Waals surface area (Å²) in [6.07, 6.45) is 9.15. The molecule has 0 rings (SSSR count). The van der Waals surface area contributed by atoms with Crippen LogP contribution >= 0.6 is 0 Å². The number of ether oxygens (including phenoxy) is 2. The van der Waals surface area contributed by atoms with Crippen LogP contribution in [0.2, 0.25) is 0 Å². The summed E-state index contributed by atoms with van der Waals surface area (Å²) in [5, 5.41) is -1.95. The molecule has 0 aromatic rings. The van der Waals surface area contributed by atoms with E-state index in [1.165, 1.54) is 0 Å². The standard InChI is InChI=1S/C22H42O7S.Na.H/c1-5-9-11-13-18(7-3)16-28-21(23)15-20(30(25,26)27)22(24)29-17-19(8-4)14-12-10-6-2;;/h18-20H,5-17H2,1-4H3,(H,25,26,27);;/q;+1;-1. The molecule has 0 spiro atoms. The second-order valence-electron chi connectivity index (χ2n) is 8.06. The van der Waals surface area contributed by atoms with Gasteiger partial charge in [-0.25, -0.2) is 0 Å². The van der Waals surface area contributed by atoms with Crippen molar-refractivity contribution in [3.05, 3.63) is 0 Å². The van der Waals surface area contributed by atoms with Crippen molar-refractivity contribution in [2.24, 2.45) is 11.8 Å². The number of hydrogen-bond acceptors (Lipinski definition) is 6. The molecule has 0 fully saturated rings. The van der Waals surface area contributed by atoms with Crippen molar-refractivity contribution >= 4 is 22.1 Å². The van der Waals surface area contributed by atoms with E-state index in [1.54, 1.807) is 0 Å². The molecule has 1 N–H and O–H groups in total. The fourth-order valence-corrected chi connectivity index (χ4v) is 3.86. The van der Waals surface area contributed by atoms with Crippen LogP contribution < -0.4 is 29.6 Å². The maximum Gasteiger partial charge on any atom is 1.00 e. The summed E-state index contributed by atoms with van der Waals surface area (Å²) in [7, 11) is -4.77. The van der Waals surface area contributed by atoms with Gasteiger partial charge >= 0.3 is 41.5 Å². The molecule has 0 saturated carbocycles. The molecule has 0 saturated heterocycles. The molecule has 0 radical (unpaired) electrons. The summed E-state index contributed by atoms with van der Waals surface area (Å²) in [5.74, 6) is -1.59. The zero-order valence-corrected chi connectivity index (χ0v) is 23.0. The number of rotatable bonds is 18. The Hall–Kier alpha value is -0.150. The van der Waals surface area contributed by atoms with E-state index >= 15 is 0 Å². The van der Waals surface area contributed by atoms with Gasteiger partial charge in [0.15, 0.2) is 5.25 Å². The van der Waals surface area contributed by atoms with Gasteiger partial charge in [-0.05, 0) is 24.7 Å². The van der Waals surface area contributed by atoms with Crippen molar-refractivity contribution in [1.82, 2.24) is 0 Å². The van der Waals surface area contributed by atoms with Gasteiger partial charge in [0.25, 0.3) is 10.1 Å². The van der Waals surface area contributed by atoms with Crippen LogP contribution in [-0.4, -0.2) is 43.4 Å². The van der Waals surface area contributed by atoms with E-state index in [1.807, 2.05) is 13.8 Å². The first-order valence-electron chi connectivity index (χ1n) is 11.5. The average Bonchev–Trinajstić information content (AvgIpc) is 2.70. The Morgan fingerprint density at radius 1 is 0.839 bits per heavy atom. The van der Waals surface area contributed by atoms with Gasteiger partial charge in [-0.3, -0.25) is 14.1 Å². The molecule has 0 bridgehead atoms.